The number of benzene rings is 2. The van der Waals surface area contributed by atoms with Crippen molar-refractivity contribution in [3.05, 3.63) is 58.1 Å². The maximum Gasteiger partial charge on any atom is 0.253 e. The molecule has 3 nitrogen and oxygen atoms in total. The predicted octanol–water partition coefficient (Wildman–Crippen LogP) is 4.39. The second-order valence-corrected chi connectivity index (χ2v) is 6.93. The summed E-state index contributed by atoms with van der Waals surface area (Å²) in [4.78, 5) is 16.5. The third-order valence-corrected chi connectivity index (χ3v) is 4.82. The summed E-state index contributed by atoms with van der Waals surface area (Å²) in [6.45, 7) is 2.79. The molecule has 2 aromatic carbocycles. The predicted molar refractivity (Wildman–Crippen MR) is 100 cm³/mol. The van der Waals surface area contributed by atoms with Crippen molar-refractivity contribution in [2.75, 3.05) is 39.4 Å². The molecule has 2 aromatic rings. The molecule has 1 aliphatic heterocycles. The molecule has 3 rings (SSSR count). The van der Waals surface area contributed by atoms with Crippen molar-refractivity contribution < 1.29 is 9.18 Å². The highest BCUT2D eigenvalue weighted by Crippen LogP contribution is 2.27. The largest absolute Gasteiger partial charge is 0.336 e. The van der Waals surface area contributed by atoms with Gasteiger partial charge in [0.15, 0.2) is 0 Å². The lowest BCUT2D eigenvalue weighted by Crippen LogP contribution is -2.49. The Kier molecular flexibility index (Phi) is 5.94. The van der Waals surface area contributed by atoms with Gasteiger partial charge in [-0.1, -0.05) is 35.3 Å². The Hall–Kier alpha value is -1.62. The SMILES string of the molecule is O=C(c1ccc(-c2cc(Cl)cc(Cl)c2)cc1)N1CCN(CCF)CC1. The van der Waals surface area contributed by atoms with Crippen LogP contribution < -0.4 is 0 Å². The van der Waals surface area contributed by atoms with Crippen LogP contribution in [0.1, 0.15) is 10.4 Å². The Morgan fingerprint density at radius 3 is 2.08 bits per heavy atom. The van der Waals surface area contributed by atoms with Crippen LogP contribution in [0.4, 0.5) is 4.39 Å². The topological polar surface area (TPSA) is 23.6 Å². The van der Waals surface area contributed by atoms with Gasteiger partial charge in [0.05, 0.1) is 0 Å². The van der Waals surface area contributed by atoms with E-state index >= 15 is 0 Å². The Bertz CT molecular complexity index is 723. The fourth-order valence-corrected chi connectivity index (χ4v) is 3.53. The average Bonchev–Trinajstić information content (AvgIpc) is 2.61. The Morgan fingerprint density at radius 1 is 0.920 bits per heavy atom. The maximum atomic E-state index is 12.6. The summed E-state index contributed by atoms with van der Waals surface area (Å²) in [7, 11) is 0. The molecule has 0 aromatic heterocycles. The van der Waals surface area contributed by atoms with Crippen LogP contribution in [0.15, 0.2) is 42.5 Å². The minimum atomic E-state index is -0.344. The first kappa shape index (κ1) is 18.2. The number of piperazine rings is 1. The van der Waals surface area contributed by atoms with Gasteiger partial charge in [0, 0.05) is 48.3 Å². The van der Waals surface area contributed by atoms with E-state index in [9.17, 15) is 9.18 Å². The van der Waals surface area contributed by atoms with E-state index in [2.05, 4.69) is 0 Å². The number of halogens is 3. The van der Waals surface area contributed by atoms with Crippen LogP contribution in [0.3, 0.4) is 0 Å². The van der Waals surface area contributed by atoms with E-state index in [-0.39, 0.29) is 12.6 Å². The molecule has 0 aliphatic carbocycles. The number of amides is 1. The van der Waals surface area contributed by atoms with Gasteiger partial charge in [-0.3, -0.25) is 9.69 Å². The molecule has 1 heterocycles. The lowest BCUT2D eigenvalue weighted by atomic mass is 10.0. The summed E-state index contributed by atoms with van der Waals surface area (Å²) in [6, 6.07) is 12.8. The van der Waals surface area contributed by atoms with Gasteiger partial charge < -0.3 is 4.90 Å². The summed E-state index contributed by atoms with van der Waals surface area (Å²) >= 11 is 12.1. The molecule has 1 aliphatic rings. The van der Waals surface area contributed by atoms with E-state index in [1.807, 2.05) is 46.2 Å². The van der Waals surface area contributed by atoms with Crippen LogP contribution in [0.5, 0.6) is 0 Å². The molecule has 0 spiro atoms. The standard InChI is InChI=1S/C19H19Cl2FN2O/c20-17-11-16(12-18(21)13-17)14-1-3-15(4-2-14)19(25)24-9-7-23(6-5-22)8-10-24/h1-4,11-13H,5-10H2. The molecular weight excluding hydrogens is 362 g/mol. The van der Waals surface area contributed by atoms with E-state index in [1.54, 1.807) is 6.07 Å². The quantitative estimate of drug-likeness (QED) is 0.785. The number of nitrogens with zero attached hydrogens (tertiary/aromatic N) is 2. The molecule has 0 radical (unpaired) electrons. The summed E-state index contributed by atoms with van der Waals surface area (Å²) in [5.74, 6) is 0.00979. The molecule has 132 valence electrons. The molecular formula is C19H19Cl2FN2O. The van der Waals surface area contributed by atoms with Gasteiger partial charge in [0.1, 0.15) is 6.67 Å². The molecule has 1 fully saturated rings. The summed E-state index contributed by atoms with van der Waals surface area (Å²) < 4.78 is 12.4. The zero-order chi connectivity index (χ0) is 17.8. The number of carbonyl (C=O) groups excluding carboxylic acids is 1. The van der Waals surface area contributed by atoms with E-state index in [1.165, 1.54) is 0 Å². The summed E-state index contributed by atoms with van der Waals surface area (Å²) in [5, 5.41) is 1.16. The lowest BCUT2D eigenvalue weighted by molar-refractivity contribution is 0.0630. The fraction of sp³-hybridized carbons (Fsp3) is 0.316. The number of rotatable bonds is 4. The zero-order valence-corrected chi connectivity index (χ0v) is 15.2. The number of hydrogen-bond acceptors (Lipinski definition) is 2. The van der Waals surface area contributed by atoms with E-state index < -0.39 is 0 Å². The number of carbonyl (C=O) groups is 1. The third-order valence-electron chi connectivity index (χ3n) is 4.39. The van der Waals surface area contributed by atoms with E-state index in [0.29, 0.717) is 35.2 Å². The Balaban J connectivity index is 1.69. The van der Waals surface area contributed by atoms with Gasteiger partial charge in [-0.25, -0.2) is 4.39 Å². The monoisotopic (exact) mass is 380 g/mol. The number of alkyl halides is 1. The van der Waals surface area contributed by atoms with Gasteiger partial charge in [-0.2, -0.15) is 0 Å². The normalized spacial score (nSPS) is 15.4. The van der Waals surface area contributed by atoms with Gasteiger partial charge in [-0.15, -0.1) is 0 Å². The lowest BCUT2D eigenvalue weighted by Gasteiger charge is -2.34. The van der Waals surface area contributed by atoms with Gasteiger partial charge in [0.2, 0.25) is 0 Å². The molecule has 0 unspecified atom stereocenters. The minimum Gasteiger partial charge on any atom is -0.336 e. The average molecular weight is 381 g/mol. The third kappa shape index (κ3) is 4.51. The van der Waals surface area contributed by atoms with Gasteiger partial charge in [-0.05, 0) is 41.5 Å². The smallest absolute Gasteiger partial charge is 0.253 e. The first-order valence-corrected chi connectivity index (χ1v) is 8.96. The molecule has 0 bridgehead atoms. The van der Waals surface area contributed by atoms with Crippen molar-refractivity contribution in [1.29, 1.82) is 0 Å². The van der Waals surface area contributed by atoms with E-state index in [4.69, 9.17) is 23.2 Å². The highest BCUT2D eigenvalue weighted by atomic mass is 35.5. The maximum absolute atomic E-state index is 12.6. The van der Waals surface area contributed by atoms with Crippen molar-refractivity contribution in [2.24, 2.45) is 0 Å². The van der Waals surface area contributed by atoms with Crippen LogP contribution in [-0.4, -0.2) is 55.1 Å². The van der Waals surface area contributed by atoms with Crippen LogP contribution in [0.25, 0.3) is 11.1 Å². The summed E-state index contributed by atoms with van der Waals surface area (Å²) in [5.41, 5.74) is 2.51. The first-order valence-electron chi connectivity index (χ1n) is 8.21. The molecule has 0 atom stereocenters. The highest BCUT2D eigenvalue weighted by molar-refractivity contribution is 6.35. The van der Waals surface area contributed by atoms with Crippen molar-refractivity contribution >= 4 is 29.1 Å². The van der Waals surface area contributed by atoms with Crippen molar-refractivity contribution in [3.63, 3.8) is 0 Å². The number of hydrogen-bond donors (Lipinski definition) is 0. The Morgan fingerprint density at radius 2 is 1.52 bits per heavy atom. The van der Waals surface area contributed by atoms with Crippen LogP contribution in [0.2, 0.25) is 10.0 Å². The minimum absolute atomic E-state index is 0.00979. The van der Waals surface area contributed by atoms with Crippen LogP contribution in [-0.2, 0) is 0 Å². The van der Waals surface area contributed by atoms with Crippen molar-refractivity contribution in [2.45, 2.75) is 0 Å². The van der Waals surface area contributed by atoms with E-state index in [0.717, 1.165) is 24.2 Å². The van der Waals surface area contributed by atoms with Crippen molar-refractivity contribution in [1.82, 2.24) is 9.80 Å². The van der Waals surface area contributed by atoms with Gasteiger partial charge in [0.25, 0.3) is 5.91 Å². The second-order valence-electron chi connectivity index (χ2n) is 6.06. The molecule has 0 N–H and O–H groups in total. The molecule has 25 heavy (non-hydrogen) atoms. The second kappa shape index (κ2) is 8.17. The molecule has 6 heteroatoms. The zero-order valence-electron chi connectivity index (χ0n) is 13.7. The molecule has 1 saturated heterocycles. The van der Waals surface area contributed by atoms with Crippen LogP contribution >= 0.6 is 23.2 Å². The molecule has 1 amide bonds. The fourth-order valence-electron chi connectivity index (χ4n) is 3.00. The van der Waals surface area contributed by atoms with Crippen molar-refractivity contribution in [3.8, 4) is 11.1 Å². The first-order chi connectivity index (χ1) is 12.1. The highest BCUT2D eigenvalue weighted by Gasteiger charge is 2.21. The Labute approximate surface area is 156 Å². The van der Waals surface area contributed by atoms with Gasteiger partial charge >= 0.3 is 0 Å². The molecule has 0 saturated carbocycles. The summed E-state index contributed by atoms with van der Waals surface area (Å²) in [6.07, 6.45) is 0. The van der Waals surface area contributed by atoms with Crippen LogP contribution in [0, 0.1) is 0 Å².